The van der Waals surface area contributed by atoms with Crippen molar-refractivity contribution in [2.24, 2.45) is 5.73 Å². The molecule has 1 heterocycles. The van der Waals surface area contributed by atoms with Gasteiger partial charge in [-0.2, -0.15) is 0 Å². The van der Waals surface area contributed by atoms with Crippen molar-refractivity contribution < 1.29 is 8.42 Å². The summed E-state index contributed by atoms with van der Waals surface area (Å²) in [6.07, 6.45) is 1.51. The van der Waals surface area contributed by atoms with Crippen molar-refractivity contribution >= 4 is 9.84 Å². The summed E-state index contributed by atoms with van der Waals surface area (Å²) in [5.74, 6) is 0. The minimum Gasteiger partial charge on any atom is -0.323 e. The molecule has 0 saturated carbocycles. The predicted molar refractivity (Wildman–Crippen MR) is 35.5 cm³/mol. The van der Waals surface area contributed by atoms with E-state index in [0.29, 0.717) is 0 Å². The maximum absolute atomic E-state index is 10.8. The number of hydrogen-bond donors (Lipinski definition) is 1. The van der Waals surface area contributed by atoms with E-state index in [9.17, 15) is 8.42 Å². The van der Waals surface area contributed by atoms with Crippen LogP contribution in [0.3, 0.4) is 0 Å². The van der Waals surface area contributed by atoms with Gasteiger partial charge >= 0.3 is 0 Å². The smallest absolute Gasteiger partial charge is 0.175 e. The van der Waals surface area contributed by atoms with Crippen LogP contribution < -0.4 is 5.73 Å². The van der Waals surface area contributed by atoms with Crippen LogP contribution in [0.5, 0.6) is 0 Å². The summed E-state index contributed by atoms with van der Waals surface area (Å²) in [7, 11) is -2.98. The Bertz CT molecular complexity index is 229. The van der Waals surface area contributed by atoms with Gasteiger partial charge in [-0.05, 0) is 6.92 Å². The lowest BCUT2D eigenvalue weighted by Gasteiger charge is -2.05. The Labute approximate surface area is 54.5 Å². The summed E-state index contributed by atoms with van der Waals surface area (Å²) in [4.78, 5) is 0. The lowest BCUT2D eigenvalue weighted by molar-refractivity contribution is 0.590. The SMILES string of the molecule is CC1[C@H](N)C=CS1(=O)=O. The van der Waals surface area contributed by atoms with Crippen LogP contribution in [-0.4, -0.2) is 19.7 Å². The lowest BCUT2D eigenvalue weighted by atomic mass is 10.2. The molecule has 2 atom stereocenters. The van der Waals surface area contributed by atoms with E-state index in [4.69, 9.17) is 5.73 Å². The molecule has 4 heteroatoms. The molecule has 0 radical (unpaired) electrons. The van der Waals surface area contributed by atoms with Crippen molar-refractivity contribution in [3.63, 3.8) is 0 Å². The van der Waals surface area contributed by atoms with Crippen molar-refractivity contribution in [1.29, 1.82) is 0 Å². The molecule has 2 N–H and O–H groups in total. The van der Waals surface area contributed by atoms with Gasteiger partial charge in [0.15, 0.2) is 9.84 Å². The zero-order chi connectivity index (χ0) is 7.07. The van der Waals surface area contributed by atoms with Crippen molar-refractivity contribution in [2.75, 3.05) is 0 Å². The number of nitrogens with two attached hydrogens (primary N) is 1. The van der Waals surface area contributed by atoms with E-state index in [1.165, 1.54) is 11.5 Å². The fourth-order valence-corrected chi connectivity index (χ4v) is 1.88. The molecule has 1 aliphatic rings. The molecule has 0 aromatic carbocycles. The van der Waals surface area contributed by atoms with Crippen LogP contribution in [-0.2, 0) is 9.84 Å². The van der Waals surface area contributed by atoms with Crippen molar-refractivity contribution in [3.8, 4) is 0 Å². The third kappa shape index (κ3) is 0.997. The van der Waals surface area contributed by atoms with E-state index in [1.54, 1.807) is 6.92 Å². The van der Waals surface area contributed by atoms with Crippen LogP contribution in [0.4, 0.5) is 0 Å². The lowest BCUT2D eigenvalue weighted by Crippen LogP contribution is -2.30. The van der Waals surface area contributed by atoms with Crippen LogP contribution in [0.25, 0.3) is 0 Å². The van der Waals surface area contributed by atoms with Gasteiger partial charge in [-0.1, -0.05) is 6.08 Å². The summed E-state index contributed by atoms with van der Waals surface area (Å²) < 4.78 is 21.6. The highest BCUT2D eigenvalue weighted by molar-refractivity contribution is 7.95. The molecule has 0 amide bonds. The largest absolute Gasteiger partial charge is 0.323 e. The first-order valence-electron chi connectivity index (χ1n) is 2.72. The maximum atomic E-state index is 10.8. The first-order valence-corrected chi connectivity index (χ1v) is 4.32. The Balaban J connectivity index is 3.01. The average molecular weight is 147 g/mol. The van der Waals surface area contributed by atoms with Crippen LogP contribution in [0.1, 0.15) is 6.92 Å². The van der Waals surface area contributed by atoms with Gasteiger partial charge < -0.3 is 5.73 Å². The molecular formula is C5H9NO2S. The number of sulfone groups is 1. The monoisotopic (exact) mass is 147 g/mol. The third-order valence-corrected chi connectivity index (χ3v) is 3.44. The zero-order valence-electron chi connectivity index (χ0n) is 5.11. The molecule has 3 nitrogen and oxygen atoms in total. The fourth-order valence-electron chi connectivity index (χ4n) is 0.700. The van der Waals surface area contributed by atoms with Gasteiger partial charge in [-0.3, -0.25) is 0 Å². The standard InChI is InChI=1S/C5H9NO2S/c1-4-5(6)2-3-9(4,7)8/h2-5H,6H2,1H3/t4?,5-/m1/s1. The van der Waals surface area contributed by atoms with Gasteiger partial charge in [-0.15, -0.1) is 0 Å². The summed E-state index contributed by atoms with van der Waals surface area (Å²) in [6, 6.07) is -0.310. The Kier molecular flexibility index (Phi) is 1.36. The molecular weight excluding hydrogens is 138 g/mol. The second-order valence-electron chi connectivity index (χ2n) is 2.20. The average Bonchev–Trinajstić information content (AvgIpc) is 1.97. The van der Waals surface area contributed by atoms with Crippen molar-refractivity contribution in [2.45, 2.75) is 18.2 Å². The topological polar surface area (TPSA) is 60.2 Å². The van der Waals surface area contributed by atoms with Crippen LogP contribution >= 0.6 is 0 Å². The number of hydrogen-bond acceptors (Lipinski definition) is 3. The van der Waals surface area contributed by atoms with E-state index in [0.717, 1.165) is 0 Å². The molecule has 1 aliphatic heterocycles. The second-order valence-corrected chi connectivity index (χ2v) is 4.39. The summed E-state index contributed by atoms with van der Waals surface area (Å²) >= 11 is 0. The van der Waals surface area contributed by atoms with E-state index < -0.39 is 15.1 Å². The van der Waals surface area contributed by atoms with E-state index in [1.807, 2.05) is 0 Å². The van der Waals surface area contributed by atoms with Gasteiger partial charge in [0, 0.05) is 11.4 Å². The Morgan fingerprint density at radius 1 is 1.56 bits per heavy atom. The predicted octanol–water partition coefficient (Wildman–Crippen LogP) is -0.356. The fraction of sp³-hybridized carbons (Fsp3) is 0.600. The molecule has 1 unspecified atom stereocenters. The molecule has 1 rings (SSSR count). The molecule has 9 heavy (non-hydrogen) atoms. The maximum Gasteiger partial charge on any atom is 0.175 e. The molecule has 0 saturated heterocycles. The minimum absolute atomic E-state index is 0.310. The minimum atomic E-state index is -2.98. The van der Waals surface area contributed by atoms with Crippen molar-refractivity contribution in [1.82, 2.24) is 0 Å². The summed E-state index contributed by atoms with van der Waals surface area (Å²) in [6.45, 7) is 1.61. The van der Waals surface area contributed by atoms with Gasteiger partial charge in [0.05, 0.1) is 5.25 Å². The summed E-state index contributed by atoms with van der Waals surface area (Å²) in [5, 5.41) is 0.750. The molecule has 0 fully saturated rings. The highest BCUT2D eigenvalue weighted by Gasteiger charge is 2.28. The quantitative estimate of drug-likeness (QED) is 0.509. The van der Waals surface area contributed by atoms with Gasteiger partial charge in [0.1, 0.15) is 0 Å². The zero-order valence-corrected chi connectivity index (χ0v) is 5.93. The highest BCUT2D eigenvalue weighted by atomic mass is 32.2. The molecule has 0 spiro atoms. The number of rotatable bonds is 0. The summed E-state index contributed by atoms with van der Waals surface area (Å²) in [5.41, 5.74) is 5.39. The molecule has 52 valence electrons. The van der Waals surface area contributed by atoms with Crippen LogP contribution in [0.2, 0.25) is 0 Å². The molecule has 0 bridgehead atoms. The van der Waals surface area contributed by atoms with E-state index >= 15 is 0 Å². The highest BCUT2D eigenvalue weighted by Crippen LogP contribution is 2.14. The molecule has 0 aromatic rings. The van der Waals surface area contributed by atoms with Crippen LogP contribution in [0.15, 0.2) is 11.5 Å². The third-order valence-electron chi connectivity index (χ3n) is 1.55. The van der Waals surface area contributed by atoms with E-state index in [-0.39, 0.29) is 6.04 Å². The Morgan fingerprint density at radius 3 is 2.22 bits per heavy atom. The first kappa shape index (κ1) is 6.77. The van der Waals surface area contributed by atoms with Gasteiger partial charge in [0.2, 0.25) is 0 Å². The Hall–Kier alpha value is -0.350. The Morgan fingerprint density at radius 2 is 2.11 bits per heavy atom. The van der Waals surface area contributed by atoms with Gasteiger partial charge in [-0.25, -0.2) is 8.42 Å². The second kappa shape index (κ2) is 1.82. The van der Waals surface area contributed by atoms with Crippen molar-refractivity contribution in [3.05, 3.63) is 11.5 Å². The molecule has 0 aromatic heterocycles. The molecule has 0 aliphatic carbocycles. The van der Waals surface area contributed by atoms with Gasteiger partial charge in [0.25, 0.3) is 0 Å². The first-order chi connectivity index (χ1) is 4.04. The van der Waals surface area contributed by atoms with E-state index in [2.05, 4.69) is 0 Å². The normalized spacial score (nSPS) is 39.3. The van der Waals surface area contributed by atoms with Crippen LogP contribution in [0, 0.1) is 0 Å².